The molecule has 0 saturated carbocycles. The standard InChI is InChI=1S/C9H15N3O2S/c13-8(14)5-3-1-2-4-6-10-9-12-11-7-15-9/h7H,1-6H2,(H,10,12)(H,13,14). The Hall–Kier alpha value is -1.17. The first-order valence-corrected chi connectivity index (χ1v) is 5.89. The maximum Gasteiger partial charge on any atom is 0.303 e. The molecule has 0 spiro atoms. The van der Waals surface area contributed by atoms with E-state index in [-0.39, 0.29) is 6.42 Å². The lowest BCUT2D eigenvalue weighted by Gasteiger charge is -2.01. The van der Waals surface area contributed by atoms with Crippen molar-refractivity contribution in [1.29, 1.82) is 0 Å². The summed E-state index contributed by atoms with van der Waals surface area (Å²) in [6.45, 7) is 0.877. The van der Waals surface area contributed by atoms with Crippen molar-refractivity contribution in [3.05, 3.63) is 5.51 Å². The van der Waals surface area contributed by atoms with Gasteiger partial charge in [-0.3, -0.25) is 4.79 Å². The predicted octanol–water partition coefficient (Wildman–Crippen LogP) is 1.99. The monoisotopic (exact) mass is 229 g/mol. The summed E-state index contributed by atoms with van der Waals surface area (Å²) < 4.78 is 0. The highest BCUT2D eigenvalue weighted by atomic mass is 32.1. The number of unbranched alkanes of at least 4 members (excludes halogenated alkanes) is 3. The van der Waals surface area contributed by atoms with Crippen LogP contribution in [-0.4, -0.2) is 27.8 Å². The molecular weight excluding hydrogens is 214 g/mol. The van der Waals surface area contributed by atoms with Crippen molar-refractivity contribution in [2.24, 2.45) is 0 Å². The minimum absolute atomic E-state index is 0.282. The van der Waals surface area contributed by atoms with E-state index < -0.39 is 5.97 Å². The summed E-state index contributed by atoms with van der Waals surface area (Å²) in [7, 11) is 0. The molecule has 0 radical (unpaired) electrons. The van der Waals surface area contributed by atoms with Gasteiger partial charge in [-0.25, -0.2) is 0 Å². The van der Waals surface area contributed by atoms with Gasteiger partial charge in [0.25, 0.3) is 0 Å². The van der Waals surface area contributed by atoms with Gasteiger partial charge in [-0.2, -0.15) is 0 Å². The van der Waals surface area contributed by atoms with Crippen LogP contribution in [0.1, 0.15) is 32.1 Å². The number of aliphatic carboxylic acids is 1. The first-order chi connectivity index (χ1) is 7.29. The van der Waals surface area contributed by atoms with Gasteiger partial charge in [0.05, 0.1) is 0 Å². The van der Waals surface area contributed by atoms with Gasteiger partial charge in [0.15, 0.2) is 0 Å². The molecule has 15 heavy (non-hydrogen) atoms. The van der Waals surface area contributed by atoms with Crippen molar-refractivity contribution < 1.29 is 9.90 Å². The van der Waals surface area contributed by atoms with E-state index >= 15 is 0 Å². The normalized spacial score (nSPS) is 10.1. The Balaban J connectivity index is 1.87. The molecule has 1 aromatic heterocycles. The van der Waals surface area contributed by atoms with Gasteiger partial charge in [0, 0.05) is 13.0 Å². The summed E-state index contributed by atoms with van der Waals surface area (Å²) in [4.78, 5) is 10.2. The largest absolute Gasteiger partial charge is 0.481 e. The smallest absolute Gasteiger partial charge is 0.303 e. The van der Waals surface area contributed by atoms with Gasteiger partial charge < -0.3 is 10.4 Å². The zero-order valence-corrected chi connectivity index (χ0v) is 9.29. The molecule has 1 heterocycles. The van der Waals surface area contributed by atoms with E-state index in [1.54, 1.807) is 5.51 Å². The quantitative estimate of drug-likeness (QED) is 0.667. The van der Waals surface area contributed by atoms with Gasteiger partial charge in [-0.1, -0.05) is 24.2 Å². The van der Waals surface area contributed by atoms with Crippen LogP contribution in [0.15, 0.2) is 5.51 Å². The number of carboxylic acid groups (broad SMARTS) is 1. The molecular formula is C9H15N3O2S. The molecule has 5 nitrogen and oxygen atoms in total. The third-order valence-electron chi connectivity index (χ3n) is 1.95. The summed E-state index contributed by atoms with van der Waals surface area (Å²) in [5, 5.41) is 20.0. The molecule has 1 aromatic rings. The molecule has 0 amide bonds. The van der Waals surface area contributed by atoms with E-state index in [0.717, 1.165) is 37.4 Å². The molecule has 84 valence electrons. The Morgan fingerprint density at radius 3 is 2.87 bits per heavy atom. The van der Waals surface area contributed by atoms with Crippen molar-refractivity contribution in [2.75, 3.05) is 11.9 Å². The van der Waals surface area contributed by atoms with Crippen LogP contribution in [0.3, 0.4) is 0 Å². The van der Waals surface area contributed by atoms with E-state index in [9.17, 15) is 4.79 Å². The van der Waals surface area contributed by atoms with Gasteiger partial charge in [0.1, 0.15) is 5.51 Å². The molecule has 0 bridgehead atoms. The molecule has 0 saturated heterocycles. The van der Waals surface area contributed by atoms with Crippen LogP contribution in [0, 0.1) is 0 Å². The number of rotatable bonds is 8. The van der Waals surface area contributed by atoms with Gasteiger partial charge in [0.2, 0.25) is 5.13 Å². The van der Waals surface area contributed by atoms with E-state index in [0.29, 0.717) is 0 Å². The highest BCUT2D eigenvalue weighted by Crippen LogP contribution is 2.08. The van der Waals surface area contributed by atoms with E-state index in [1.165, 1.54) is 11.3 Å². The zero-order chi connectivity index (χ0) is 10.9. The summed E-state index contributed by atoms with van der Waals surface area (Å²) in [6, 6.07) is 0. The summed E-state index contributed by atoms with van der Waals surface area (Å²) in [5.41, 5.74) is 1.69. The second kappa shape index (κ2) is 7.17. The Morgan fingerprint density at radius 1 is 1.40 bits per heavy atom. The van der Waals surface area contributed by atoms with Crippen LogP contribution >= 0.6 is 11.3 Å². The fourth-order valence-corrected chi connectivity index (χ4v) is 1.67. The Kier molecular flexibility index (Phi) is 5.69. The number of hydrogen-bond acceptors (Lipinski definition) is 5. The number of nitrogens with zero attached hydrogens (tertiary/aromatic N) is 2. The first-order valence-electron chi connectivity index (χ1n) is 5.01. The maximum absolute atomic E-state index is 10.2. The number of carboxylic acids is 1. The van der Waals surface area contributed by atoms with Crippen molar-refractivity contribution in [3.8, 4) is 0 Å². The van der Waals surface area contributed by atoms with Crippen LogP contribution < -0.4 is 5.32 Å². The number of aromatic nitrogens is 2. The van der Waals surface area contributed by atoms with Gasteiger partial charge in [-0.15, -0.1) is 10.2 Å². The van der Waals surface area contributed by atoms with E-state index in [4.69, 9.17) is 5.11 Å². The maximum atomic E-state index is 10.2. The fourth-order valence-electron chi connectivity index (χ4n) is 1.20. The molecule has 0 aliphatic carbocycles. The average molecular weight is 229 g/mol. The summed E-state index contributed by atoms with van der Waals surface area (Å²) in [5.74, 6) is -0.706. The predicted molar refractivity (Wildman–Crippen MR) is 59.1 cm³/mol. The van der Waals surface area contributed by atoms with Crippen molar-refractivity contribution >= 4 is 22.4 Å². The van der Waals surface area contributed by atoms with Crippen LogP contribution in [0.2, 0.25) is 0 Å². The molecule has 0 unspecified atom stereocenters. The molecule has 0 atom stereocenters. The second-order valence-electron chi connectivity index (χ2n) is 3.23. The van der Waals surface area contributed by atoms with Gasteiger partial charge in [-0.05, 0) is 12.8 Å². The number of anilines is 1. The fraction of sp³-hybridized carbons (Fsp3) is 0.667. The van der Waals surface area contributed by atoms with Crippen LogP contribution in [0.25, 0.3) is 0 Å². The number of nitrogens with one attached hydrogen (secondary N) is 1. The molecule has 0 aliphatic rings. The van der Waals surface area contributed by atoms with Crippen LogP contribution in [0.5, 0.6) is 0 Å². The summed E-state index contributed by atoms with van der Waals surface area (Å²) >= 11 is 1.48. The molecule has 2 N–H and O–H groups in total. The number of hydrogen-bond donors (Lipinski definition) is 2. The first kappa shape index (κ1) is 11.9. The highest BCUT2D eigenvalue weighted by Gasteiger charge is 1.97. The van der Waals surface area contributed by atoms with Crippen molar-refractivity contribution in [1.82, 2.24) is 10.2 Å². The molecule has 0 aliphatic heterocycles. The van der Waals surface area contributed by atoms with Crippen molar-refractivity contribution in [3.63, 3.8) is 0 Å². The van der Waals surface area contributed by atoms with Crippen molar-refractivity contribution in [2.45, 2.75) is 32.1 Å². The van der Waals surface area contributed by atoms with Gasteiger partial charge >= 0.3 is 5.97 Å². The minimum atomic E-state index is -0.706. The summed E-state index contributed by atoms with van der Waals surface area (Å²) in [6.07, 6.45) is 4.13. The highest BCUT2D eigenvalue weighted by molar-refractivity contribution is 7.13. The molecule has 0 aromatic carbocycles. The van der Waals surface area contributed by atoms with Crippen LogP contribution in [-0.2, 0) is 4.79 Å². The second-order valence-corrected chi connectivity index (χ2v) is 4.06. The zero-order valence-electron chi connectivity index (χ0n) is 8.48. The third-order valence-corrected chi connectivity index (χ3v) is 2.60. The minimum Gasteiger partial charge on any atom is -0.481 e. The third kappa shape index (κ3) is 6.01. The topological polar surface area (TPSA) is 75.1 Å². The lowest BCUT2D eigenvalue weighted by atomic mass is 10.1. The number of carbonyl (C=O) groups is 1. The average Bonchev–Trinajstić information content (AvgIpc) is 2.68. The molecule has 6 heteroatoms. The lowest BCUT2D eigenvalue weighted by molar-refractivity contribution is -0.137. The Bertz CT molecular complexity index is 277. The SMILES string of the molecule is O=C(O)CCCCCCNc1nncs1. The molecule has 0 fully saturated rings. The Morgan fingerprint density at radius 2 is 2.20 bits per heavy atom. The van der Waals surface area contributed by atoms with Crippen LogP contribution in [0.4, 0.5) is 5.13 Å². The van der Waals surface area contributed by atoms with E-state index in [1.807, 2.05) is 0 Å². The lowest BCUT2D eigenvalue weighted by Crippen LogP contribution is -2.01. The Labute approximate surface area is 92.5 Å². The van der Waals surface area contributed by atoms with E-state index in [2.05, 4.69) is 15.5 Å². The molecule has 1 rings (SSSR count).